The summed E-state index contributed by atoms with van der Waals surface area (Å²) in [5.41, 5.74) is 1.20. The molecule has 0 heterocycles. The molecule has 0 saturated heterocycles. The molecule has 0 saturated carbocycles. The number of carboxylic acids is 1. The number of carbonyl (C=O) groups is 1. The molecular weight excluding hydrogens is 251 g/mol. The van der Waals surface area contributed by atoms with Crippen molar-refractivity contribution in [1.29, 1.82) is 0 Å². The molecule has 1 aromatic rings. The summed E-state index contributed by atoms with van der Waals surface area (Å²) in [5.74, 6) is -0.722. The summed E-state index contributed by atoms with van der Waals surface area (Å²) in [6.45, 7) is 6.25. The lowest BCUT2D eigenvalue weighted by atomic mass is 10.1. The topological polar surface area (TPSA) is 37.3 Å². The molecule has 0 atom stereocenters. The minimum atomic E-state index is -1.04. The van der Waals surface area contributed by atoms with Crippen molar-refractivity contribution in [2.24, 2.45) is 0 Å². The third kappa shape index (κ3) is 5.36. The molecule has 0 fully saturated rings. The van der Waals surface area contributed by atoms with E-state index in [4.69, 9.17) is 5.11 Å². The minimum absolute atomic E-state index is 0.0916. The van der Waals surface area contributed by atoms with Gasteiger partial charge in [-0.2, -0.15) is 11.8 Å². The normalized spacial score (nSPS) is 12.0. The van der Waals surface area contributed by atoms with E-state index in [1.807, 2.05) is 0 Å². The molecule has 0 aliphatic heterocycles. The Morgan fingerprint density at radius 3 is 2.61 bits per heavy atom. The number of rotatable bonds is 4. The molecule has 1 aromatic carbocycles. The second-order valence-corrected chi connectivity index (χ2v) is 6.73. The van der Waals surface area contributed by atoms with Gasteiger partial charge in [-0.3, -0.25) is 0 Å². The van der Waals surface area contributed by atoms with Crippen molar-refractivity contribution in [2.45, 2.75) is 31.3 Å². The first-order valence-corrected chi connectivity index (χ1v) is 6.60. The highest BCUT2D eigenvalue weighted by Crippen LogP contribution is 2.28. The summed E-state index contributed by atoms with van der Waals surface area (Å²) in [4.78, 5) is 10.4. The van der Waals surface area contributed by atoms with E-state index in [1.54, 1.807) is 23.9 Å². The van der Waals surface area contributed by atoms with Gasteiger partial charge in [0, 0.05) is 16.6 Å². The number of aliphatic carboxylic acids is 1. The number of halogens is 1. The molecule has 0 amide bonds. The van der Waals surface area contributed by atoms with Crippen molar-refractivity contribution in [3.63, 3.8) is 0 Å². The standard InChI is InChI=1S/C14H17FO2S/c1-14(2,3)18-9-11-6-4-10(8-12(11)15)5-7-13(16)17/h4-8H,9H2,1-3H3,(H,16,17). The number of carboxylic acid groups (broad SMARTS) is 1. The highest BCUT2D eigenvalue weighted by atomic mass is 32.2. The smallest absolute Gasteiger partial charge is 0.328 e. The second-order valence-electron chi connectivity index (χ2n) is 4.92. The molecule has 0 radical (unpaired) electrons. The Hall–Kier alpha value is -1.29. The monoisotopic (exact) mass is 268 g/mol. The van der Waals surface area contributed by atoms with E-state index in [2.05, 4.69) is 20.8 Å². The van der Waals surface area contributed by atoms with Crippen molar-refractivity contribution in [3.8, 4) is 0 Å². The van der Waals surface area contributed by atoms with Crippen molar-refractivity contribution in [3.05, 3.63) is 41.2 Å². The fourth-order valence-electron chi connectivity index (χ4n) is 1.25. The molecule has 0 aliphatic rings. The van der Waals surface area contributed by atoms with Crippen LogP contribution in [0.4, 0.5) is 4.39 Å². The Balaban J connectivity index is 2.77. The van der Waals surface area contributed by atoms with Gasteiger partial charge in [0.25, 0.3) is 0 Å². The Labute approximate surface area is 111 Å². The number of thioether (sulfide) groups is 1. The van der Waals surface area contributed by atoms with E-state index in [-0.39, 0.29) is 10.6 Å². The molecule has 1 N–H and O–H groups in total. The molecule has 98 valence electrons. The van der Waals surface area contributed by atoms with Gasteiger partial charge in [-0.1, -0.05) is 32.9 Å². The third-order valence-electron chi connectivity index (χ3n) is 2.16. The third-order valence-corrected chi connectivity index (χ3v) is 3.48. The van der Waals surface area contributed by atoms with E-state index in [0.29, 0.717) is 16.9 Å². The van der Waals surface area contributed by atoms with Crippen LogP contribution in [0.1, 0.15) is 31.9 Å². The van der Waals surface area contributed by atoms with Crippen LogP contribution >= 0.6 is 11.8 Å². The van der Waals surface area contributed by atoms with Crippen LogP contribution in [0.15, 0.2) is 24.3 Å². The van der Waals surface area contributed by atoms with Gasteiger partial charge >= 0.3 is 5.97 Å². The molecule has 0 spiro atoms. The predicted molar refractivity (Wildman–Crippen MR) is 74.1 cm³/mol. The highest BCUT2D eigenvalue weighted by molar-refractivity contribution is 7.99. The average molecular weight is 268 g/mol. The first-order chi connectivity index (χ1) is 8.28. The zero-order valence-corrected chi connectivity index (χ0v) is 11.6. The van der Waals surface area contributed by atoms with Crippen molar-refractivity contribution in [2.75, 3.05) is 0 Å². The lowest BCUT2D eigenvalue weighted by molar-refractivity contribution is -0.131. The van der Waals surface area contributed by atoms with Crippen LogP contribution in [0.3, 0.4) is 0 Å². The van der Waals surface area contributed by atoms with Gasteiger partial charge in [-0.25, -0.2) is 9.18 Å². The fourth-order valence-corrected chi connectivity index (χ4v) is 2.07. The summed E-state index contributed by atoms with van der Waals surface area (Å²) < 4.78 is 13.8. The van der Waals surface area contributed by atoms with E-state index in [0.717, 1.165) is 6.08 Å². The van der Waals surface area contributed by atoms with Gasteiger partial charge in [0.05, 0.1) is 0 Å². The van der Waals surface area contributed by atoms with Gasteiger partial charge in [-0.05, 0) is 23.3 Å². The number of benzene rings is 1. The summed E-state index contributed by atoms with van der Waals surface area (Å²) in [5, 5.41) is 8.49. The van der Waals surface area contributed by atoms with Gasteiger partial charge in [0.15, 0.2) is 0 Å². The van der Waals surface area contributed by atoms with E-state index >= 15 is 0 Å². The maximum atomic E-state index is 13.8. The van der Waals surface area contributed by atoms with Gasteiger partial charge in [0.1, 0.15) is 5.82 Å². The molecule has 1 rings (SSSR count). The number of hydrogen-bond donors (Lipinski definition) is 1. The zero-order valence-electron chi connectivity index (χ0n) is 10.7. The molecular formula is C14H17FO2S. The lowest BCUT2D eigenvalue weighted by Crippen LogP contribution is -2.07. The average Bonchev–Trinajstić information content (AvgIpc) is 2.23. The van der Waals surface area contributed by atoms with Crippen LogP contribution in [0, 0.1) is 5.82 Å². The van der Waals surface area contributed by atoms with Crippen LogP contribution in [-0.4, -0.2) is 15.8 Å². The van der Waals surface area contributed by atoms with E-state index in [1.165, 1.54) is 12.1 Å². The first-order valence-electron chi connectivity index (χ1n) is 5.61. The van der Waals surface area contributed by atoms with Crippen LogP contribution in [0.2, 0.25) is 0 Å². The molecule has 2 nitrogen and oxygen atoms in total. The van der Waals surface area contributed by atoms with Crippen molar-refractivity contribution >= 4 is 23.8 Å². The van der Waals surface area contributed by atoms with Crippen molar-refractivity contribution in [1.82, 2.24) is 0 Å². The van der Waals surface area contributed by atoms with Gasteiger partial charge in [0.2, 0.25) is 0 Å². The Kier molecular flexibility index (Phi) is 4.96. The minimum Gasteiger partial charge on any atom is -0.478 e. The van der Waals surface area contributed by atoms with Gasteiger partial charge in [-0.15, -0.1) is 0 Å². The van der Waals surface area contributed by atoms with Crippen molar-refractivity contribution < 1.29 is 14.3 Å². The zero-order chi connectivity index (χ0) is 13.8. The van der Waals surface area contributed by atoms with Crippen LogP contribution in [0.25, 0.3) is 6.08 Å². The maximum Gasteiger partial charge on any atom is 0.328 e. The fraction of sp³-hybridized carbons (Fsp3) is 0.357. The van der Waals surface area contributed by atoms with Crippen LogP contribution in [0.5, 0.6) is 0 Å². The quantitative estimate of drug-likeness (QED) is 0.840. The lowest BCUT2D eigenvalue weighted by Gasteiger charge is -2.17. The Morgan fingerprint density at radius 1 is 1.44 bits per heavy atom. The largest absolute Gasteiger partial charge is 0.478 e. The summed E-state index contributed by atoms with van der Waals surface area (Å²) in [6.07, 6.45) is 2.38. The highest BCUT2D eigenvalue weighted by Gasteiger charge is 2.12. The molecule has 0 aromatic heterocycles. The molecule has 0 aliphatic carbocycles. The molecule has 18 heavy (non-hydrogen) atoms. The van der Waals surface area contributed by atoms with Gasteiger partial charge < -0.3 is 5.11 Å². The van der Waals surface area contributed by atoms with E-state index < -0.39 is 5.97 Å². The van der Waals surface area contributed by atoms with E-state index in [9.17, 15) is 9.18 Å². The molecule has 4 heteroatoms. The summed E-state index contributed by atoms with van der Waals surface area (Å²) in [6, 6.07) is 4.79. The predicted octanol–water partition coefficient (Wildman–Crippen LogP) is 3.96. The maximum absolute atomic E-state index is 13.8. The second kappa shape index (κ2) is 6.05. The SMILES string of the molecule is CC(C)(C)SCc1ccc(C=CC(=O)O)cc1F. The summed E-state index contributed by atoms with van der Waals surface area (Å²) in [7, 11) is 0. The van der Waals surface area contributed by atoms with Crippen LogP contribution in [-0.2, 0) is 10.5 Å². The Morgan fingerprint density at radius 2 is 2.11 bits per heavy atom. The first kappa shape index (κ1) is 14.8. The number of hydrogen-bond acceptors (Lipinski definition) is 2. The molecule has 0 bridgehead atoms. The summed E-state index contributed by atoms with van der Waals surface area (Å²) >= 11 is 1.67. The Bertz CT molecular complexity index is 461. The van der Waals surface area contributed by atoms with Crippen LogP contribution < -0.4 is 0 Å². The molecule has 0 unspecified atom stereocenters.